The number of anilines is 1. The van der Waals surface area contributed by atoms with Crippen LogP contribution in [0, 0.1) is 5.92 Å². The van der Waals surface area contributed by atoms with Crippen molar-refractivity contribution in [3.63, 3.8) is 0 Å². The third kappa shape index (κ3) is 3.27. The molecule has 1 heterocycles. The van der Waals surface area contributed by atoms with E-state index in [1.165, 1.54) is 17.0 Å². The molecule has 0 spiro atoms. The Kier molecular flexibility index (Phi) is 4.57. The van der Waals surface area contributed by atoms with Crippen molar-refractivity contribution in [1.29, 1.82) is 0 Å². The number of carbonyl (C=O) groups excluding carboxylic acids is 1. The first-order valence-corrected chi connectivity index (χ1v) is 6.60. The first kappa shape index (κ1) is 14.3. The normalized spacial score (nSPS) is 15.8. The molecule has 0 aromatic heterocycles. The van der Waals surface area contributed by atoms with E-state index in [2.05, 4.69) is 5.32 Å². The lowest BCUT2D eigenvalue weighted by molar-refractivity contribution is -0.107. The summed E-state index contributed by atoms with van der Waals surface area (Å²) in [5.41, 5.74) is 0.350. The monoisotopic (exact) mass is 278 g/mol. The van der Waals surface area contributed by atoms with Crippen LogP contribution in [0.5, 0.6) is 5.75 Å². The molecule has 1 aliphatic rings. The van der Waals surface area contributed by atoms with Crippen molar-refractivity contribution in [2.45, 2.75) is 12.8 Å². The molecule has 0 bridgehead atoms. The van der Waals surface area contributed by atoms with E-state index in [0.717, 1.165) is 32.3 Å². The van der Waals surface area contributed by atoms with Crippen LogP contribution in [0.2, 0.25) is 0 Å². The van der Waals surface area contributed by atoms with Crippen LogP contribution in [0.15, 0.2) is 18.2 Å². The fourth-order valence-electron chi connectivity index (χ4n) is 2.43. The topological polar surface area (TPSA) is 89.9 Å². The standard InChI is InChI=1S/C14H18N2O4/c17-9-16(8-10-3-5-15-6-4-10)11-1-2-12(14(19)20)13(18)7-11/h1-2,7,9-10,15,18H,3-6,8H2,(H,19,20). The van der Waals surface area contributed by atoms with Crippen LogP contribution in [0.3, 0.4) is 0 Å². The summed E-state index contributed by atoms with van der Waals surface area (Å²) in [5, 5.41) is 21.8. The number of nitrogens with one attached hydrogen (secondary N) is 1. The van der Waals surface area contributed by atoms with Gasteiger partial charge in [-0.1, -0.05) is 0 Å². The highest BCUT2D eigenvalue weighted by Crippen LogP contribution is 2.25. The number of benzene rings is 1. The highest BCUT2D eigenvalue weighted by Gasteiger charge is 2.18. The average Bonchev–Trinajstić information content (AvgIpc) is 2.45. The van der Waals surface area contributed by atoms with E-state index in [-0.39, 0.29) is 11.3 Å². The first-order valence-electron chi connectivity index (χ1n) is 6.60. The smallest absolute Gasteiger partial charge is 0.339 e. The van der Waals surface area contributed by atoms with E-state index in [1.807, 2.05) is 0 Å². The molecule has 0 unspecified atom stereocenters. The van der Waals surface area contributed by atoms with Gasteiger partial charge < -0.3 is 20.4 Å². The van der Waals surface area contributed by atoms with Crippen LogP contribution in [-0.2, 0) is 4.79 Å². The molecule has 0 atom stereocenters. The zero-order valence-electron chi connectivity index (χ0n) is 11.1. The minimum absolute atomic E-state index is 0.165. The molecule has 6 nitrogen and oxygen atoms in total. The summed E-state index contributed by atoms with van der Waals surface area (Å²) in [5.74, 6) is -1.10. The molecule has 1 fully saturated rings. The summed E-state index contributed by atoms with van der Waals surface area (Å²) in [7, 11) is 0. The van der Waals surface area contributed by atoms with Crippen molar-refractivity contribution in [2.24, 2.45) is 5.92 Å². The van der Waals surface area contributed by atoms with Crippen molar-refractivity contribution in [1.82, 2.24) is 5.32 Å². The maximum atomic E-state index is 11.2. The number of carboxylic acid groups (broad SMARTS) is 1. The summed E-state index contributed by atoms with van der Waals surface area (Å²) in [6.07, 6.45) is 2.73. The Morgan fingerprint density at radius 3 is 2.65 bits per heavy atom. The number of aromatic carboxylic acids is 1. The number of carboxylic acids is 1. The summed E-state index contributed by atoms with van der Waals surface area (Å²) in [4.78, 5) is 23.6. The first-order chi connectivity index (χ1) is 9.61. The van der Waals surface area contributed by atoms with Crippen LogP contribution >= 0.6 is 0 Å². The Bertz CT molecular complexity index is 498. The minimum Gasteiger partial charge on any atom is -0.507 e. The molecule has 0 aliphatic carbocycles. The third-order valence-electron chi connectivity index (χ3n) is 3.58. The molecule has 2 rings (SSSR count). The van der Waals surface area contributed by atoms with E-state index in [4.69, 9.17) is 5.11 Å². The number of hydrogen-bond acceptors (Lipinski definition) is 4. The highest BCUT2D eigenvalue weighted by molar-refractivity contribution is 5.92. The predicted octanol–water partition coefficient (Wildman–Crippen LogP) is 1.05. The summed E-state index contributed by atoms with van der Waals surface area (Å²) >= 11 is 0. The van der Waals surface area contributed by atoms with E-state index < -0.39 is 5.97 Å². The summed E-state index contributed by atoms with van der Waals surface area (Å²) in [6, 6.07) is 4.17. The minimum atomic E-state index is -1.19. The van der Waals surface area contributed by atoms with Gasteiger partial charge in [0.2, 0.25) is 6.41 Å². The van der Waals surface area contributed by atoms with Gasteiger partial charge in [0.25, 0.3) is 0 Å². The second-order valence-electron chi connectivity index (χ2n) is 4.96. The van der Waals surface area contributed by atoms with Crippen molar-refractivity contribution < 1.29 is 19.8 Å². The summed E-state index contributed by atoms with van der Waals surface area (Å²) in [6.45, 7) is 2.47. The molecular formula is C14H18N2O4. The van der Waals surface area contributed by atoms with Gasteiger partial charge in [0, 0.05) is 18.3 Å². The lowest BCUT2D eigenvalue weighted by Gasteiger charge is -2.27. The fourth-order valence-corrected chi connectivity index (χ4v) is 2.43. The predicted molar refractivity (Wildman–Crippen MR) is 74.1 cm³/mol. The zero-order chi connectivity index (χ0) is 14.5. The fraction of sp³-hybridized carbons (Fsp3) is 0.429. The highest BCUT2D eigenvalue weighted by atomic mass is 16.4. The Morgan fingerprint density at radius 1 is 1.40 bits per heavy atom. The molecular weight excluding hydrogens is 260 g/mol. The molecule has 0 radical (unpaired) electrons. The molecule has 0 saturated carbocycles. The van der Waals surface area contributed by atoms with Gasteiger partial charge in [0.1, 0.15) is 11.3 Å². The number of rotatable bonds is 5. The number of carbonyl (C=O) groups is 2. The van der Waals surface area contributed by atoms with Crippen LogP contribution < -0.4 is 10.2 Å². The van der Waals surface area contributed by atoms with Crippen molar-refractivity contribution in [3.05, 3.63) is 23.8 Å². The van der Waals surface area contributed by atoms with Gasteiger partial charge in [-0.3, -0.25) is 4.79 Å². The molecule has 1 aliphatic heterocycles. The lowest BCUT2D eigenvalue weighted by Crippen LogP contribution is -2.35. The molecule has 108 valence electrons. The van der Waals surface area contributed by atoms with E-state index in [1.54, 1.807) is 6.07 Å². The number of phenols is 1. The van der Waals surface area contributed by atoms with Gasteiger partial charge >= 0.3 is 5.97 Å². The van der Waals surface area contributed by atoms with E-state index >= 15 is 0 Å². The molecule has 3 N–H and O–H groups in total. The van der Waals surface area contributed by atoms with Crippen LogP contribution in [0.1, 0.15) is 23.2 Å². The van der Waals surface area contributed by atoms with Gasteiger partial charge in [-0.2, -0.15) is 0 Å². The zero-order valence-corrected chi connectivity index (χ0v) is 11.1. The Hall–Kier alpha value is -2.08. The maximum Gasteiger partial charge on any atom is 0.339 e. The molecule has 1 aromatic rings. The number of piperidine rings is 1. The van der Waals surface area contributed by atoms with Crippen molar-refractivity contribution in [3.8, 4) is 5.75 Å². The second-order valence-corrected chi connectivity index (χ2v) is 4.96. The van der Waals surface area contributed by atoms with Gasteiger partial charge in [-0.15, -0.1) is 0 Å². The number of amides is 1. The van der Waals surface area contributed by atoms with Crippen molar-refractivity contribution in [2.75, 3.05) is 24.5 Å². The van der Waals surface area contributed by atoms with Crippen LogP contribution in [-0.4, -0.2) is 42.2 Å². The van der Waals surface area contributed by atoms with Gasteiger partial charge in [-0.25, -0.2) is 4.79 Å². The van der Waals surface area contributed by atoms with Gasteiger partial charge in [-0.05, 0) is 44.0 Å². The maximum absolute atomic E-state index is 11.2. The number of aromatic hydroxyl groups is 1. The molecule has 20 heavy (non-hydrogen) atoms. The quantitative estimate of drug-likeness (QED) is 0.701. The Morgan fingerprint density at radius 2 is 2.10 bits per heavy atom. The SMILES string of the molecule is O=CN(CC1CCNCC1)c1ccc(C(=O)O)c(O)c1. The summed E-state index contributed by atoms with van der Waals surface area (Å²) < 4.78 is 0. The van der Waals surface area contributed by atoms with Crippen LogP contribution in [0.25, 0.3) is 0 Å². The second kappa shape index (κ2) is 6.38. The van der Waals surface area contributed by atoms with E-state index in [0.29, 0.717) is 18.2 Å². The van der Waals surface area contributed by atoms with Gasteiger partial charge in [0.15, 0.2) is 0 Å². The van der Waals surface area contributed by atoms with Gasteiger partial charge in [0.05, 0.1) is 0 Å². The Labute approximate surface area is 117 Å². The largest absolute Gasteiger partial charge is 0.507 e. The number of nitrogens with zero attached hydrogens (tertiary/aromatic N) is 1. The Balaban J connectivity index is 2.12. The molecule has 1 saturated heterocycles. The number of hydrogen-bond donors (Lipinski definition) is 3. The molecule has 6 heteroatoms. The molecule has 1 aromatic carbocycles. The van der Waals surface area contributed by atoms with Crippen LogP contribution in [0.4, 0.5) is 5.69 Å². The third-order valence-corrected chi connectivity index (χ3v) is 3.58. The van der Waals surface area contributed by atoms with E-state index in [9.17, 15) is 14.7 Å². The lowest BCUT2D eigenvalue weighted by atomic mass is 9.97. The average molecular weight is 278 g/mol. The molecule has 1 amide bonds. The van der Waals surface area contributed by atoms with Crippen molar-refractivity contribution >= 4 is 18.1 Å².